The van der Waals surface area contributed by atoms with Crippen molar-refractivity contribution in [3.63, 3.8) is 0 Å². The summed E-state index contributed by atoms with van der Waals surface area (Å²) in [7, 11) is 2.10. The van der Waals surface area contributed by atoms with Crippen LogP contribution in [0.15, 0.2) is 36.4 Å². The van der Waals surface area contributed by atoms with Crippen molar-refractivity contribution in [2.24, 2.45) is 0 Å². The molecule has 4 heteroatoms. The van der Waals surface area contributed by atoms with E-state index in [1.165, 1.54) is 11.1 Å². The lowest BCUT2D eigenvalue weighted by Gasteiger charge is -2.19. The number of fused-ring (bicyclic) bond motifs is 1. The molecule has 3 nitrogen and oxygen atoms in total. The third kappa shape index (κ3) is 3.31. The Bertz CT molecular complexity index is 640. The van der Waals surface area contributed by atoms with Gasteiger partial charge in [-0.1, -0.05) is 23.7 Å². The van der Waals surface area contributed by atoms with Crippen molar-refractivity contribution in [3.8, 4) is 5.75 Å². The van der Waals surface area contributed by atoms with Crippen LogP contribution in [-0.2, 0) is 19.5 Å². The molecule has 2 aromatic rings. The maximum absolute atomic E-state index is 6.20. The Kier molecular flexibility index (Phi) is 4.04. The number of ether oxygens (including phenoxy) is 1. The van der Waals surface area contributed by atoms with E-state index in [4.69, 9.17) is 22.1 Å². The molecule has 21 heavy (non-hydrogen) atoms. The zero-order valence-corrected chi connectivity index (χ0v) is 12.9. The van der Waals surface area contributed by atoms with Gasteiger partial charge in [0.25, 0.3) is 0 Å². The highest BCUT2D eigenvalue weighted by atomic mass is 35.5. The van der Waals surface area contributed by atoms with Crippen molar-refractivity contribution in [3.05, 3.63) is 58.1 Å². The number of hydrogen-bond acceptors (Lipinski definition) is 3. The Morgan fingerprint density at radius 3 is 2.71 bits per heavy atom. The maximum Gasteiger partial charge on any atom is 0.127 e. The fourth-order valence-electron chi connectivity index (χ4n) is 2.74. The molecular formula is C17H19ClN2O. The van der Waals surface area contributed by atoms with E-state index >= 15 is 0 Å². The minimum absolute atomic E-state index is 0.754. The van der Waals surface area contributed by atoms with Crippen LogP contribution in [0, 0.1) is 0 Å². The molecule has 2 N–H and O–H groups in total. The van der Waals surface area contributed by atoms with Gasteiger partial charge in [-0.05, 0) is 42.4 Å². The summed E-state index contributed by atoms with van der Waals surface area (Å²) in [4.78, 5) is 2.25. The Morgan fingerprint density at radius 2 is 1.95 bits per heavy atom. The quantitative estimate of drug-likeness (QED) is 0.879. The van der Waals surface area contributed by atoms with Crippen LogP contribution < -0.4 is 10.5 Å². The van der Waals surface area contributed by atoms with Crippen LogP contribution >= 0.6 is 11.6 Å². The van der Waals surface area contributed by atoms with Gasteiger partial charge in [-0.2, -0.15) is 0 Å². The van der Waals surface area contributed by atoms with Crippen molar-refractivity contribution in [1.82, 2.24) is 4.90 Å². The van der Waals surface area contributed by atoms with Crippen LogP contribution in [-0.4, -0.2) is 18.6 Å². The van der Waals surface area contributed by atoms with Crippen LogP contribution in [0.1, 0.15) is 16.7 Å². The molecule has 0 unspecified atom stereocenters. The number of nitrogen functional groups attached to an aromatic ring is 1. The molecule has 0 spiro atoms. The molecule has 2 aromatic carbocycles. The molecular weight excluding hydrogens is 284 g/mol. The third-order valence-corrected chi connectivity index (χ3v) is 3.92. The van der Waals surface area contributed by atoms with Crippen LogP contribution in [0.4, 0.5) is 5.69 Å². The lowest BCUT2D eigenvalue weighted by molar-refractivity contribution is 0.304. The number of nitrogens with zero attached hydrogens (tertiary/aromatic N) is 1. The Balaban J connectivity index is 1.73. The van der Waals surface area contributed by atoms with Gasteiger partial charge in [-0.3, -0.25) is 4.90 Å². The molecule has 0 saturated carbocycles. The van der Waals surface area contributed by atoms with Crippen molar-refractivity contribution >= 4 is 17.3 Å². The SMILES string of the molecule is CN(Cc1ccc(N)cc1)Cc1cc(Cl)cc2c1OCC2. The largest absolute Gasteiger partial charge is 0.493 e. The van der Waals surface area contributed by atoms with Crippen molar-refractivity contribution in [1.29, 1.82) is 0 Å². The van der Waals surface area contributed by atoms with Gasteiger partial charge < -0.3 is 10.5 Å². The van der Waals surface area contributed by atoms with E-state index in [9.17, 15) is 0 Å². The van der Waals surface area contributed by atoms with Gasteiger partial charge in [-0.15, -0.1) is 0 Å². The number of benzene rings is 2. The Morgan fingerprint density at radius 1 is 1.19 bits per heavy atom. The minimum atomic E-state index is 0.754. The smallest absolute Gasteiger partial charge is 0.127 e. The van der Waals surface area contributed by atoms with Crippen molar-refractivity contribution in [2.45, 2.75) is 19.5 Å². The lowest BCUT2D eigenvalue weighted by Crippen LogP contribution is -2.17. The number of anilines is 1. The van der Waals surface area contributed by atoms with E-state index in [0.29, 0.717) is 0 Å². The number of nitrogens with two attached hydrogens (primary N) is 1. The minimum Gasteiger partial charge on any atom is -0.493 e. The molecule has 0 atom stereocenters. The normalized spacial score (nSPS) is 13.3. The highest BCUT2D eigenvalue weighted by Crippen LogP contribution is 2.33. The second-order valence-electron chi connectivity index (χ2n) is 5.57. The highest BCUT2D eigenvalue weighted by molar-refractivity contribution is 6.30. The molecule has 0 bridgehead atoms. The van der Waals surface area contributed by atoms with E-state index < -0.39 is 0 Å². The first-order valence-electron chi connectivity index (χ1n) is 7.09. The van der Waals surface area contributed by atoms with E-state index in [1.54, 1.807) is 0 Å². The topological polar surface area (TPSA) is 38.5 Å². The fourth-order valence-corrected chi connectivity index (χ4v) is 3.01. The first-order valence-corrected chi connectivity index (χ1v) is 7.46. The zero-order valence-electron chi connectivity index (χ0n) is 12.1. The van der Waals surface area contributed by atoms with E-state index in [1.807, 2.05) is 24.3 Å². The molecule has 1 aliphatic heterocycles. The number of hydrogen-bond donors (Lipinski definition) is 1. The summed E-state index contributed by atoms with van der Waals surface area (Å²) in [6.07, 6.45) is 0.949. The molecule has 3 rings (SSSR count). The molecule has 0 saturated heterocycles. The first-order chi connectivity index (χ1) is 10.1. The Labute approximate surface area is 130 Å². The van der Waals surface area contributed by atoms with Gasteiger partial charge >= 0.3 is 0 Å². The molecule has 0 fully saturated rings. The van der Waals surface area contributed by atoms with Gasteiger partial charge in [0, 0.05) is 35.8 Å². The molecule has 0 aliphatic carbocycles. The van der Waals surface area contributed by atoms with E-state index in [0.717, 1.165) is 48.1 Å². The molecule has 110 valence electrons. The first kappa shape index (κ1) is 14.2. The molecule has 0 radical (unpaired) electrons. The van der Waals surface area contributed by atoms with Crippen LogP contribution in [0.25, 0.3) is 0 Å². The summed E-state index contributed by atoms with van der Waals surface area (Å²) >= 11 is 6.20. The van der Waals surface area contributed by atoms with Crippen LogP contribution in [0.3, 0.4) is 0 Å². The maximum atomic E-state index is 6.20. The van der Waals surface area contributed by atoms with Gasteiger partial charge in [0.05, 0.1) is 6.61 Å². The zero-order chi connectivity index (χ0) is 14.8. The average molecular weight is 303 g/mol. The van der Waals surface area contributed by atoms with Crippen LogP contribution in [0.5, 0.6) is 5.75 Å². The summed E-state index contributed by atoms with van der Waals surface area (Å²) in [5, 5.41) is 0.787. The summed E-state index contributed by atoms with van der Waals surface area (Å²) in [5.41, 5.74) is 10.1. The molecule has 1 heterocycles. The molecule has 1 aliphatic rings. The van der Waals surface area contributed by atoms with Gasteiger partial charge in [-0.25, -0.2) is 0 Å². The second-order valence-corrected chi connectivity index (χ2v) is 6.00. The van der Waals surface area contributed by atoms with Gasteiger partial charge in [0.15, 0.2) is 0 Å². The second kappa shape index (κ2) is 5.96. The summed E-state index contributed by atoms with van der Waals surface area (Å²) < 4.78 is 5.75. The lowest BCUT2D eigenvalue weighted by atomic mass is 10.1. The average Bonchev–Trinajstić information content (AvgIpc) is 2.89. The Hall–Kier alpha value is -1.71. The number of rotatable bonds is 4. The predicted molar refractivity (Wildman–Crippen MR) is 86.7 cm³/mol. The number of halogens is 1. The van der Waals surface area contributed by atoms with Crippen LogP contribution in [0.2, 0.25) is 5.02 Å². The van der Waals surface area contributed by atoms with Crippen molar-refractivity contribution < 1.29 is 4.74 Å². The van der Waals surface area contributed by atoms with E-state index in [-0.39, 0.29) is 0 Å². The summed E-state index contributed by atoms with van der Waals surface area (Å²) in [6, 6.07) is 12.0. The van der Waals surface area contributed by atoms with Gasteiger partial charge in [0.1, 0.15) is 5.75 Å². The predicted octanol–water partition coefficient (Wildman–Crippen LogP) is 3.49. The van der Waals surface area contributed by atoms with E-state index in [2.05, 4.69) is 24.1 Å². The highest BCUT2D eigenvalue weighted by Gasteiger charge is 2.18. The fraction of sp³-hybridized carbons (Fsp3) is 0.294. The van der Waals surface area contributed by atoms with Gasteiger partial charge in [0.2, 0.25) is 0 Å². The summed E-state index contributed by atoms with van der Waals surface area (Å²) in [5.74, 6) is 1.02. The van der Waals surface area contributed by atoms with Crippen molar-refractivity contribution in [2.75, 3.05) is 19.4 Å². The third-order valence-electron chi connectivity index (χ3n) is 3.70. The monoisotopic (exact) mass is 302 g/mol. The summed E-state index contributed by atoms with van der Waals surface area (Å²) in [6.45, 7) is 2.43. The standard InChI is InChI=1S/C17H19ClN2O/c1-20(10-12-2-4-16(19)5-3-12)11-14-9-15(18)8-13-6-7-21-17(13)14/h2-5,8-9H,6-7,10-11,19H2,1H3. The molecule has 0 aromatic heterocycles. The molecule has 0 amide bonds.